The topological polar surface area (TPSA) is 78.5 Å². The summed E-state index contributed by atoms with van der Waals surface area (Å²) < 4.78 is 26.0. The smallest absolute Gasteiger partial charge is 0.279 e. The minimum atomic E-state index is -3.51. The summed E-state index contributed by atoms with van der Waals surface area (Å²) in [6.07, 6.45) is 5.47. The number of nitrogens with one attached hydrogen (secondary N) is 2. The normalized spacial score (nSPS) is 18.3. The molecule has 17 heavy (non-hydrogen) atoms. The summed E-state index contributed by atoms with van der Waals surface area (Å²) in [4.78, 5) is 11.5. The molecule has 2 N–H and O–H groups in total. The van der Waals surface area contributed by atoms with Gasteiger partial charge in [0, 0.05) is 20.1 Å². The quantitative estimate of drug-likeness (QED) is 0.723. The second-order valence-electron chi connectivity index (χ2n) is 4.51. The number of nitrogens with zero attached hydrogens (tertiary/aromatic N) is 1. The molecule has 6 nitrogen and oxygen atoms in total. The zero-order valence-electron chi connectivity index (χ0n) is 10.4. The SMILES string of the molecule is CN(C)S(=O)(=O)NCC(=O)NC1CCCCC1. The van der Waals surface area contributed by atoms with Gasteiger partial charge in [0.1, 0.15) is 0 Å². The molecule has 100 valence electrons. The first-order valence-electron chi connectivity index (χ1n) is 5.88. The highest BCUT2D eigenvalue weighted by molar-refractivity contribution is 7.87. The Morgan fingerprint density at radius 3 is 2.35 bits per heavy atom. The van der Waals surface area contributed by atoms with Crippen LogP contribution in [0.25, 0.3) is 0 Å². The molecule has 1 saturated carbocycles. The lowest BCUT2D eigenvalue weighted by Crippen LogP contribution is -2.45. The first kappa shape index (κ1) is 14.4. The summed E-state index contributed by atoms with van der Waals surface area (Å²) in [6.45, 7) is -0.197. The lowest BCUT2D eigenvalue weighted by atomic mass is 9.95. The Morgan fingerprint density at radius 1 is 1.24 bits per heavy atom. The Hall–Kier alpha value is -0.660. The summed E-state index contributed by atoms with van der Waals surface area (Å²) in [5.74, 6) is -0.262. The van der Waals surface area contributed by atoms with Gasteiger partial charge in [-0.3, -0.25) is 4.79 Å². The van der Waals surface area contributed by atoms with E-state index in [1.54, 1.807) is 0 Å². The number of carbonyl (C=O) groups excluding carboxylic acids is 1. The fourth-order valence-corrected chi connectivity index (χ4v) is 2.38. The van der Waals surface area contributed by atoms with Crippen LogP contribution in [-0.2, 0) is 15.0 Å². The van der Waals surface area contributed by atoms with Crippen LogP contribution < -0.4 is 10.0 Å². The predicted octanol–water partition coefficient (Wildman–Crippen LogP) is -0.169. The molecule has 1 aliphatic rings. The van der Waals surface area contributed by atoms with E-state index >= 15 is 0 Å². The molecule has 0 unspecified atom stereocenters. The molecule has 0 aromatic heterocycles. The Morgan fingerprint density at radius 2 is 1.82 bits per heavy atom. The van der Waals surface area contributed by atoms with Crippen molar-refractivity contribution in [1.82, 2.24) is 14.3 Å². The molecule has 0 aliphatic heterocycles. The van der Waals surface area contributed by atoms with Gasteiger partial charge < -0.3 is 5.32 Å². The maximum atomic E-state index is 11.5. The van der Waals surface area contributed by atoms with E-state index in [1.807, 2.05) is 0 Å². The molecular formula is C10H21N3O3S. The van der Waals surface area contributed by atoms with Gasteiger partial charge in [0.15, 0.2) is 0 Å². The van der Waals surface area contributed by atoms with E-state index in [9.17, 15) is 13.2 Å². The lowest BCUT2D eigenvalue weighted by Gasteiger charge is -2.23. The maximum absolute atomic E-state index is 11.5. The van der Waals surface area contributed by atoms with Crippen LogP contribution in [0.5, 0.6) is 0 Å². The van der Waals surface area contributed by atoms with Crippen LogP contribution >= 0.6 is 0 Å². The first-order chi connectivity index (χ1) is 7.92. The van der Waals surface area contributed by atoms with E-state index in [0.717, 1.165) is 30.0 Å². The minimum absolute atomic E-state index is 0.197. The van der Waals surface area contributed by atoms with E-state index in [1.165, 1.54) is 20.5 Å². The second kappa shape index (κ2) is 6.32. The van der Waals surface area contributed by atoms with E-state index in [4.69, 9.17) is 0 Å². The number of carbonyl (C=O) groups is 1. The van der Waals surface area contributed by atoms with Crippen molar-refractivity contribution in [3.8, 4) is 0 Å². The monoisotopic (exact) mass is 263 g/mol. The molecule has 1 fully saturated rings. The van der Waals surface area contributed by atoms with Gasteiger partial charge in [-0.05, 0) is 12.8 Å². The first-order valence-corrected chi connectivity index (χ1v) is 7.32. The zero-order valence-corrected chi connectivity index (χ0v) is 11.2. The van der Waals surface area contributed by atoms with Crippen LogP contribution in [0.4, 0.5) is 0 Å². The van der Waals surface area contributed by atoms with Crippen molar-refractivity contribution in [2.45, 2.75) is 38.1 Å². The fraction of sp³-hybridized carbons (Fsp3) is 0.900. The van der Waals surface area contributed by atoms with Crippen molar-refractivity contribution in [3.05, 3.63) is 0 Å². The van der Waals surface area contributed by atoms with Gasteiger partial charge in [0.2, 0.25) is 5.91 Å². The van der Waals surface area contributed by atoms with Crippen LogP contribution in [0.3, 0.4) is 0 Å². The standard InChI is InChI=1S/C10H21N3O3S/c1-13(2)17(15,16)11-8-10(14)12-9-6-4-3-5-7-9/h9,11H,3-8H2,1-2H3,(H,12,14). The lowest BCUT2D eigenvalue weighted by molar-refractivity contribution is -0.120. The van der Waals surface area contributed by atoms with Gasteiger partial charge in [-0.2, -0.15) is 17.4 Å². The Kier molecular flexibility index (Phi) is 5.35. The predicted molar refractivity (Wildman–Crippen MR) is 65.6 cm³/mol. The third-order valence-electron chi connectivity index (χ3n) is 2.87. The third kappa shape index (κ3) is 5.01. The summed E-state index contributed by atoms with van der Waals surface area (Å²) in [7, 11) is -0.676. The highest BCUT2D eigenvalue weighted by atomic mass is 32.2. The number of hydrogen-bond donors (Lipinski definition) is 2. The molecule has 1 rings (SSSR count). The molecule has 1 amide bonds. The molecule has 0 saturated heterocycles. The van der Waals surface area contributed by atoms with Crippen molar-refractivity contribution in [2.24, 2.45) is 0 Å². The average molecular weight is 263 g/mol. The van der Waals surface area contributed by atoms with Crippen molar-refractivity contribution in [1.29, 1.82) is 0 Å². The molecule has 0 spiro atoms. The second-order valence-corrected chi connectivity index (χ2v) is 6.48. The van der Waals surface area contributed by atoms with Crippen molar-refractivity contribution < 1.29 is 13.2 Å². The number of hydrogen-bond acceptors (Lipinski definition) is 3. The van der Waals surface area contributed by atoms with Crippen LogP contribution in [0.15, 0.2) is 0 Å². The molecule has 0 atom stereocenters. The van der Waals surface area contributed by atoms with Crippen LogP contribution in [0.1, 0.15) is 32.1 Å². The molecule has 0 radical (unpaired) electrons. The third-order valence-corrected chi connectivity index (χ3v) is 4.34. The largest absolute Gasteiger partial charge is 0.352 e. The van der Waals surface area contributed by atoms with Gasteiger partial charge in [-0.15, -0.1) is 0 Å². The highest BCUT2D eigenvalue weighted by Crippen LogP contribution is 2.17. The van der Waals surface area contributed by atoms with Crippen molar-refractivity contribution >= 4 is 16.1 Å². The molecule has 0 heterocycles. The molecule has 0 aromatic carbocycles. The Balaban J connectivity index is 2.30. The summed E-state index contributed by atoms with van der Waals surface area (Å²) in [6, 6.07) is 0.208. The van der Waals surface area contributed by atoms with Gasteiger partial charge >= 0.3 is 0 Å². The Bertz CT molecular complexity index is 348. The van der Waals surface area contributed by atoms with Gasteiger partial charge in [-0.1, -0.05) is 19.3 Å². The van der Waals surface area contributed by atoms with E-state index in [-0.39, 0.29) is 18.5 Å². The maximum Gasteiger partial charge on any atom is 0.279 e. The molecule has 0 bridgehead atoms. The molecule has 1 aliphatic carbocycles. The van der Waals surface area contributed by atoms with Crippen LogP contribution in [0.2, 0.25) is 0 Å². The highest BCUT2D eigenvalue weighted by Gasteiger charge is 2.18. The fourth-order valence-electron chi connectivity index (χ4n) is 1.81. The molecule has 0 aromatic rings. The van der Waals surface area contributed by atoms with Crippen LogP contribution in [-0.4, -0.2) is 45.3 Å². The van der Waals surface area contributed by atoms with Crippen molar-refractivity contribution in [2.75, 3.05) is 20.6 Å². The Labute approximate surface area is 103 Å². The molecular weight excluding hydrogens is 242 g/mol. The van der Waals surface area contributed by atoms with E-state index in [0.29, 0.717) is 0 Å². The number of rotatable bonds is 5. The van der Waals surface area contributed by atoms with Gasteiger partial charge in [0.25, 0.3) is 10.2 Å². The van der Waals surface area contributed by atoms with Gasteiger partial charge in [-0.25, -0.2) is 0 Å². The summed E-state index contributed by atoms with van der Waals surface area (Å²) in [5.41, 5.74) is 0. The molecule has 7 heteroatoms. The summed E-state index contributed by atoms with van der Waals surface area (Å²) >= 11 is 0. The number of amides is 1. The zero-order chi connectivity index (χ0) is 12.9. The summed E-state index contributed by atoms with van der Waals surface area (Å²) in [5, 5.41) is 2.85. The van der Waals surface area contributed by atoms with Crippen LogP contribution in [0, 0.1) is 0 Å². The minimum Gasteiger partial charge on any atom is -0.352 e. The van der Waals surface area contributed by atoms with Crippen molar-refractivity contribution in [3.63, 3.8) is 0 Å². The van der Waals surface area contributed by atoms with E-state index in [2.05, 4.69) is 10.0 Å². The van der Waals surface area contributed by atoms with Gasteiger partial charge in [0.05, 0.1) is 6.54 Å². The average Bonchev–Trinajstić information content (AvgIpc) is 2.28. The van der Waals surface area contributed by atoms with E-state index < -0.39 is 10.2 Å².